The number of cyclic esters (lactones) is 1. The van der Waals surface area contributed by atoms with Crippen molar-refractivity contribution in [3.05, 3.63) is 53.7 Å². The van der Waals surface area contributed by atoms with E-state index in [-0.39, 0.29) is 43.0 Å². The molecule has 3 rings (SSSR count). The minimum absolute atomic E-state index is 0.0176. The lowest BCUT2D eigenvalue weighted by molar-refractivity contribution is -0.158. The molecule has 0 unspecified atom stereocenters. The van der Waals surface area contributed by atoms with Gasteiger partial charge in [0.05, 0.1) is 6.10 Å². The van der Waals surface area contributed by atoms with Gasteiger partial charge in [-0.1, -0.05) is 50.6 Å². The molecule has 1 fully saturated rings. The highest BCUT2D eigenvalue weighted by Gasteiger charge is 2.38. The second-order valence-electron chi connectivity index (χ2n) is 10.4. The summed E-state index contributed by atoms with van der Waals surface area (Å²) in [6.07, 6.45) is 7.70. The van der Waals surface area contributed by atoms with E-state index >= 15 is 0 Å². The average molecular weight is 531 g/mol. The smallest absolute Gasteiger partial charge is 0.329 e. The van der Waals surface area contributed by atoms with E-state index in [1.807, 2.05) is 20.8 Å². The van der Waals surface area contributed by atoms with Gasteiger partial charge in [0.15, 0.2) is 5.82 Å². The van der Waals surface area contributed by atoms with Gasteiger partial charge >= 0.3 is 5.97 Å². The van der Waals surface area contributed by atoms with E-state index in [4.69, 9.17) is 4.74 Å². The maximum Gasteiger partial charge on any atom is 0.329 e. The Morgan fingerprint density at radius 3 is 2.74 bits per heavy atom. The molecule has 3 heterocycles. The monoisotopic (exact) mass is 530 g/mol. The number of imidazole rings is 1. The van der Waals surface area contributed by atoms with Crippen LogP contribution in [0.25, 0.3) is 0 Å². The number of halogens is 1. The van der Waals surface area contributed by atoms with Crippen LogP contribution in [-0.2, 0) is 20.7 Å². The molecule has 2 bridgehead atoms. The van der Waals surface area contributed by atoms with Crippen molar-refractivity contribution in [2.45, 2.75) is 77.8 Å². The molecule has 0 radical (unpaired) electrons. The third kappa shape index (κ3) is 8.11. The first-order valence-corrected chi connectivity index (χ1v) is 13.2. The van der Waals surface area contributed by atoms with Crippen LogP contribution in [0.4, 0.5) is 4.39 Å². The molecule has 0 aliphatic carbocycles. The number of alkyl halides is 1. The Hall–Kier alpha value is -3.27. The molecule has 38 heavy (non-hydrogen) atoms. The summed E-state index contributed by atoms with van der Waals surface area (Å²) >= 11 is 0. The number of nitrogens with one attached hydrogen (secondary N) is 2. The number of carbonyl (C=O) groups excluding carboxylic acids is 3. The second kappa shape index (κ2) is 13.5. The van der Waals surface area contributed by atoms with Crippen LogP contribution in [0.3, 0.4) is 0 Å². The van der Waals surface area contributed by atoms with Crippen LogP contribution in [0.5, 0.6) is 0 Å². The van der Waals surface area contributed by atoms with Crippen molar-refractivity contribution in [2.24, 2.45) is 11.8 Å². The molecule has 1 aromatic rings. The van der Waals surface area contributed by atoms with Crippen LogP contribution in [0, 0.1) is 11.8 Å². The summed E-state index contributed by atoms with van der Waals surface area (Å²) in [6.45, 7) is 8.20. The first kappa shape index (κ1) is 29.3. The lowest BCUT2D eigenvalue weighted by Crippen LogP contribution is -2.44. The Balaban J connectivity index is 1.85. The Kier molecular flexibility index (Phi) is 10.4. The number of nitrogens with zero attached hydrogens (tertiary/aromatic N) is 2. The Bertz CT molecular complexity index is 1080. The highest BCUT2D eigenvalue weighted by molar-refractivity contribution is 5.94. The number of aromatic amines is 1. The SMILES string of the molecule is CC1=C[C@@H](O)C[C@@H](F)Cc2cnc([nH]2)C(=O)N2CCC[C@@H]2C(=O)O[C@H](C(C)C)[C@H](C)/C=C/C(=O)NCC=C1. The van der Waals surface area contributed by atoms with Crippen molar-refractivity contribution in [3.8, 4) is 0 Å². The molecule has 2 amide bonds. The van der Waals surface area contributed by atoms with E-state index in [0.29, 0.717) is 25.1 Å². The number of aliphatic hydroxyl groups is 1. The van der Waals surface area contributed by atoms with Crippen LogP contribution in [0.15, 0.2) is 42.2 Å². The van der Waals surface area contributed by atoms with Gasteiger partial charge in [0.2, 0.25) is 5.91 Å². The summed E-state index contributed by atoms with van der Waals surface area (Å²) < 4.78 is 20.5. The molecule has 10 heteroatoms. The molecule has 2 aliphatic rings. The van der Waals surface area contributed by atoms with E-state index in [1.165, 1.54) is 17.2 Å². The minimum Gasteiger partial charge on any atom is -0.460 e. The third-order valence-corrected chi connectivity index (χ3v) is 6.76. The van der Waals surface area contributed by atoms with Gasteiger partial charge in [-0.05, 0) is 31.8 Å². The summed E-state index contributed by atoms with van der Waals surface area (Å²) in [7, 11) is 0. The fraction of sp³-hybridized carbons (Fsp3) is 0.571. The summed E-state index contributed by atoms with van der Waals surface area (Å²) in [5, 5.41) is 13.0. The topological polar surface area (TPSA) is 125 Å². The van der Waals surface area contributed by atoms with Gasteiger partial charge in [0.25, 0.3) is 5.91 Å². The number of fused-ring (bicyclic) bond motifs is 3. The zero-order valence-corrected chi connectivity index (χ0v) is 22.5. The van der Waals surface area contributed by atoms with Gasteiger partial charge in [-0.25, -0.2) is 14.2 Å². The van der Waals surface area contributed by atoms with Crippen LogP contribution in [0.2, 0.25) is 0 Å². The van der Waals surface area contributed by atoms with Gasteiger partial charge in [0, 0.05) is 43.7 Å². The maximum absolute atomic E-state index is 14.7. The number of allylic oxidation sites excluding steroid dienone is 2. The molecule has 0 aromatic carbocycles. The van der Waals surface area contributed by atoms with Crippen LogP contribution < -0.4 is 5.32 Å². The van der Waals surface area contributed by atoms with Crippen molar-refractivity contribution < 1.29 is 28.6 Å². The van der Waals surface area contributed by atoms with Gasteiger partial charge < -0.3 is 25.0 Å². The van der Waals surface area contributed by atoms with Crippen molar-refractivity contribution in [1.29, 1.82) is 0 Å². The number of amides is 2. The maximum atomic E-state index is 14.7. The van der Waals surface area contributed by atoms with Crippen LogP contribution in [-0.4, -0.2) is 75.3 Å². The molecule has 0 saturated carbocycles. The van der Waals surface area contributed by atoms with Crippen molar-refractivity contribution in [2.75, 3.05) is 13.1 Å². The fourth-order valence-electron chi connectivity index (χ4n) is 4.85. The normalized spacial score (nSPS) is 29.4. The number of H-pyrrole nitrogens is 1. The summed E-state index contributed by atoms with van der Waals surface area (Å²) in [5.41, 5.74) is 1.17. The quantitative estimate of drug-likeness (QED) is 0.480. The first-order valence-electron chi connectivity index (χ1n) is 13.2. The largest absolute Gasteiger partial charge is 0.460 e. The summed E-state index contributed by atoms with van der Waals surface area (Å²) in [4.78, 5) is 47.1. The molecule has 0 spiro atoms. The van der Waals surface area contributed by atoms with Crippen LogP contribution >= 0.6 is 0 Å². The van der Waals surface area contributed by atoms with Crippen molar-refractivity contribution >= 4 is 17.8 Å². The molecular weight excluding hydrogens is 491 g/mol. The molecule has 2 aliphatic heterocycles. The van der Waals surface area contributed by atoms with Gasteiger partial charge in [0.1, 0.15) is 18.3 Å². The van der Waals surface area contributed by atoms with Crippen molar-refractivity contribution in [1.82, 2.24) is 20.2 Å². The Morgan fingerprint density at radius 2 is 2.00 bits per heavy atom. The Morgan fingerprint density at radius 1 is 1.24 bits per heavy atom. The molecule has 208 valence electrons. The molecule has 1 aromatic heterocycles. The molecule has 9 nitrogen and oxygen atoms in total. The standard InChI is InChI=1S/C28H39FN4O5/c1-17(2)25-19(4)9-10-24(35)30-11-5-7-18(3)13-22(34)15-20(29)14-21-16-31-26(32-21)27(36)33-12-6-8-23(33)28(37)38-25/h5,7,9-10,13,16-17,19-20,22-23,25,34H,6,8,11-12,14-15H2,1-4H3,(H,30,35)(H,31,32)/b7-5?,10-9+,18-13?/t19-,20+,22-,23-,25-/m1/s1. The second-order valence-corrected chi connectivity index (χ2v) is 10.4. The highest BCUT2D eigenvalue weighted by Crippen LogP contribution is 2.25. The van der Waals surface area contributed by atoms with Crippen molar-refractivity contribution in [3.63, 3.8) is 0 Å². The third-order valence-electron chi connectivity index (χ3n) is 6.76. The van der Waals surface area contributed by atoms with Gasteiger partial charge in [-0.15, -0.1) is 0 Å². The lowest BCUT2D eigenvalue weighted by atomic mass is 9.94. The molecule has 5 atom stereocenters. The number of aliphatic hydroxyl groups excluding tert-OH is 1. The van der Waals surface area contributed by atoms with Gasteiger partial charge in [-0.3, -0.25) is 9.59 Å². The average Bonchev–Trinajstić information content (AvgIpc) is 3.52. The first-order chi connectivity index (χ1) is 18.0. The highest BCUT2D eigenvalue weighted by atomic mass is 19.1. The van der Waals surface area contributed by atoms with Gasteiger partial charge in [-0.2, -0.15) is 0 Å². The molecule has 1 saturated heterocycles. The zero-order valence-electron chi connectivity index (χ0n) is 22.5. The summed E-state index contributed by atoms with van der Waals surface area (Å²) in [6, 6.07) is -0.746. The zero-order chi connectivity index (χ0) is 27.8. The predicted molar refractivity (Wildman–Crippen MR) is 141 cm³/mol. The van der Waals surface area contributed by atoms with E-state index in [2.05, 4.69) is 15.3 Å². The number of carbonyl (C=O) groups is 3. The number of aromatic nitrogens is 2. The van der Waals surface area contributed by atoms with E-state index in [1.54, 1.807) is 31.2 Å². The number of rotatable bonds is 1. The fourth-order valence-corrected chi connectivity index (χ4v) is 4.85. The number of ether oxygens (including phenoxy) is 1. The molecular formula is C28H39FN4O5. The van der Waals surface area contributed by atoms with Crippen LogP contribution in [0.1, 0.15) is 63.3 Å². The molecule has 3 N–H and O–H groups in total. The van der Waals surface area contributed by atoms with E-state index in [0.717, 1.165) is 5.57 Å². The minimum atomic E-state index is -1.36. The number of esters is 1. The lowest BCUT2D eigenvalue weighted by Gasteiger charge is -2.29. The Labute approximate surface area is 223 Å². The van der Waals surface area contributed by atoms with E-state index < -0.39 is 36.3 Å². The van der Waals surface area contributed by atoms with E-state index in [9.17, 15) is 23.9 Å². The number of hydrogen-bond donors (Lipinski definition) is 3. The predicted octanol–water partition coefficient (Wildman–Crippen LogP) is 3.04. The number of hydrogen-bond acceptors (Lipinski definition) is 6. The summed E-state index contributed by atoms with van der Waals surface area (Å²) in [5.74, 6) is -1.44.